The maximum atomic E-state index is 12.5. The average molecular weight is 316 g/mol. The van der Waals surface area contributed by atoms with Gasteiger partial charge in [0.25, 0.3) is 11.5 Å². The Bertz CT molecular complexity index is 852. The Morgan fingerprint density at radius 1 is 1.22 bits per heavy atom. The number of rotatable bonds is 5. The van der Waals surface area contributed by atoms with Gasteiger partial charge in [0.05, 0.1) is 0 Å². The molecule has 0 aliphatic heterocycles. The normalized spacial score (nSPS) is 10.5. The van der Waals surface area contributed by atoms with Gasteiger partial charge in [-0.05, 0) is 23.7 Å². The lowest BCUT2D eigenvalue weighted by Gasteiger charge is -2.12. The third-order valence-corrected chi connectivity index (χ3v) is 3.40. The van der Waals surface area contributed by atoms with Crippen molar-refractivity contribution in [2.75, 3.05) is 5.73 Å². The lowest BCUT2D eigenvalue weighted by molar-refractivity contribution is 0.0955. The molecule has 0 unspecified atom stereocenters. The first-order valence-electron chi connectivity index (χ1n) is 7.11. The Labute approximate surface area is 131 Å². The summed E-state index contributed by atoms with van der Waals surface area (Å²) in [6.45, 7) is 1.97. The molecule has 0 spiro atoms. The van der Waals surface area contributed by atoms with Gasteiger partial charge in [-0.1, -0.05) is 31.5 Å². The molecule has 1 heterocycles. The van der Waals surface area contributed by atoms with Crippen molar-refractivity contribution < 1.29 is 4.79 Å². The molecule has 2 N–H and O–H groups in total. The van der Waals surface area contributed by atoms with E-state index in [4.69, 9.17) is 5.73 Å². The quantitative estimate of drug-likeness (QED) is 0.838. The van der Waals surface area contributed by atoms with Gasteiger partial charge in [0, 0.05) is 12.1 Å². The summed E-state index contributed by atoms with van der Waals surface area (Å²) in [5, 5.41) is 2.60. The van der Waals surface area contributed by atoms with E-state index in [0.717, 1.165) is 11.0 Å². The lowest BCUT2D eigenvalue weighted by atomic mass is 10.2. The number of aromatic nitrogens is 2. The first-order valence-corrected chi connectivity index (χ1v) is 7.11. The minimum Gasteiger partial charge on any atom is -0.383 e. The number of nitrogens with two attached hydrogens (primary N) is 1. The van der Waals surface area contributed by atoms with Crippen molar-refractivity contribution in [1.82, 2.24) is 9.13 Å². The molecule has 0 saturated carbocycles. The van der Waals surface area contributed by atoms with Crippen molar-refractivity contribution in [3.8, 4) is 0 Å². The highest BCUT2D eigenvalue weighted by Gasteiger charge is 2.22. The summed E-state index contributed by atoms with van der Waals surface area (Å²) in [5.41, 5.74) is 3.48. The van der Waals surface area contributed by atoms with Crippen molar-refractivity contribution >= 4 is 17.4 Å². The van der Waals surface area contributed by atoms with Crippen LogP contribution in [-0.2, 0) is 6.54 Å². The second-order valence-electron chi connectivity index (χ2n) is 4.92. The predicted octanol–water partition coefficient (Wildman–Crippen LogP) is 1.48. The standard InChI is InChI=1S/C15H16N4O4/c1-2-3-9-18-14(21)11(17-23)12(16)19(15(18)22)13(20)10-7-5-4-6-8-10/h4-8H,2-3,9,16H2,1H3. The van der Waals surface area contributed by atoms with Crippen LogP contribution in [0.25, 0.3) is 0 Å². The third-order valence-electron chi connectivity index (χ3n) is 3.40. The molecule has 0 aliphatic carbocycles. The van der Waals surface area contributed by atoms with E-state index in [1.807, 2.05) is 6.92 Å². The Morgan fingerprint density at radius 3 is 2.43 bits per heavy atom. The zero-order valence-electron chi connectivity index (χ0n) is 12.6. The highest BCUT2D eigenvalue weighted by Crippen LogP contribution is 2.15. The number of carbonyl (C=O) groups excluding carboxylic acids is 1. The van der Waals surface area contributed by atoms with Crippen LogP contribution in [0.1, 0.15) is 30.1 Å². The first-order chi connectivity index (χ1) is 11.0. The number of nitroso groups, excluding NO2 is 1. The fourth-order valence-corrected chi connectivity index (χ4v) is 2.16. The number of hydrogen-bond acceptors (Lipinski definition) is 6. The molecule has 23 heavy (non-hydrogen) atoms. The smallest absolute Gasteiger partial charge is 0.339 e. The molecule has 0 fully saturated rings. The van der Waals surface area contributed by atoms with Gasteiger partial charge in [-0.15, -0.1) is 4.91 Å². The first kappa shape index (κ1) is 16.3. The topological polar surface area (TPSA) is 117 Å². The Hall–Kier alpha value is -3.03. The molecule has 120 valence electrons. The highest BCUT2D eigenvalue weighted by molar-refractivity contribution is 5.98. The zero-order valence-corrected chi connectivity index (χ0v) is 12.6. The summed E-state index contributed by atoms with van der Waals surface area (Å²) in [5.74, 6) is -1.26. The fraction of sp³-hybridized carbons (Fsp3) is 0.267. The second-order valence-corrected chi connectivity index (χ2v) is 4.92. The summed E-state index contributed by atoms with van der Waals surface area (Å²) < 4.78 is 1.43. The van der Waals surface area contributed by atoms with Crippen molar-refractivity contribution in [2.24, 2.45) is 5.18 Å². The van der Waals surface area contributed by atoms with Crippen molar-refractivity contribution in [1.29, 1.82) is 0 Å². The molecule has 0 atom stereocenters. The maximum Gasteiger partial charge on any atom is 0.339 e. The van der Waals surface area contributed by atoms with Crippen LogP contribution in [0, 0.1) is 4.91 Å². The van der Waals surface area contributed by atoms with Gasteiger partial charge in [0.15, 0.2) is 5.82 Å². The molecule has 0 amide bonds. The van der Waals surface area contributed by atoms with Crippen molar-refractivity contribution in [3.63, 3.8) is 0 Å². The number of benzene rings is 1. The zero-order chi connectivity index (χ0) is 17.0. The van der Waals surface area contributed by atoms with Gasteiger partial charge in [0.2, 0.25) is 5.69 Å². The number of hydrogen-bond donors (Lipinski definition) is 1. The van der Waals surface area contributed by atoms with Crippen LogP contribution in [0.4, 0.5) is 11.5 Å². The van der Waals surface area contributed by atoms with Gasteiger partial charge < -0.3 is 5.73 Å². The molecule has 1 aromatic carbocycles. The van der Waals surface area contributed by atoms with E-state index >= 15 is 0 Å². The molecular formula is C15H16N4O4. The molecular weight excluding hydrogens is 300 g/mol. The van der Waals surface area contributed by atoms with E-state index in [1.54, 1.807) is 18.2 Å². The highest BCUT2D eigenvalue weighted by atomic mass is 16.3. The van der Waals surface area contributed by atoms with Gasteiger partial charge in [-0.2, -0.15) is 0 Å². The molecule has 0 saturated heterocycles. The van der Waals surface area contributed by atoms with E-state index in [0.29, 0.717) is 11.0 Å². The van der Waals surface area contributed by atoms with Gasteiger partial charge >= 0.3 is 5.69 Å². The SMILES string of the molecule is CCCCn1c(=O)c(N=O)c(N)n(C(=O)c2ccccc2)c1=O. The van der Waals surface area contributed by atoms with Crippen LogP contribution in [-0.4, -0.2) is 15.0 Å². The van der Waals surface area contributed by atoms with E-state index in [2.05, 4.69) is 5.18 Å². The minimum absolute atomic E-state index is 0.0824. The summed E-state index contributed by atoms with van der Waals surface area (Å²) >= 11 is 0. The Morgan fingerprint density at radius 2 is 1.87 bits per heavy atom. The summed E-state index contributed by atoms with van der Waals surface area (Å²) in [6.07, 6.45) is 1.27. The summed E-state index contributed by atoms with van der Waals surface area (Å²) in [7, 11) is 0. The molecule has 0 aliphatic rings. The number of anilines is 1. The second kappa shape index (κ2) is 6.82. The van der Waals surface area contributed by atoms with Crippen LogP contribution in [0.2, 0.25) is 0 Å². The molecule has 0 radical (unpaired) electrons. The van der Waals surface area contributed by atoms with Crippen LogP contribution >= 0.6 is 0 Å². The molecule has 8 nitrogen and oxygen atoms in total. The number of unbranched alkanes of at least 4 members (excludes halogenated alkanes) is 1. The van der Waals surface area contributed by atoms with Crippen LogP contribution in [0.5, 0.6) is 0 Å². The predicted molar refractivity (Wildman–Crippen MR) is 85.9 cm³/mol. The van der Waals surface area contributed by atoms with Gasteiger partial charge in [-0.3, -0.25) is 14.2 Å². The molecule has 8 heteroatoms. The third kappa shape index (κ3) is 2.96. The van der Waals surface area contributed by atoms with E-state index in [-0.39, 0.29) is 12.1 Å². The van der Waals surface area contributed by atoms with Gasteiger partial charge in [0.1, 0.15) is 0 Å². The van der Waals surface area contributed by atoms with E-state index in [1.165, 1.54) is 12.1 Å². The Kier molecular flexibility index (Phi) is 4.85. The average Bonchev–Trinajstić information content (AvgIpc) is 2.56. The van der Waals surface area contributed by atoms with Crippen molar-refractivity contribution in [2.45, 2.75) is 26.3 Å². The molecule has 2 aromatic rings. The van der Waals surface area contributed by atoms with Crippen LogP contribution in [0.3, 0.4) is 0 Å². The monoisotopic (exact) mass is 316 g/mol. The van der Waals surface area contributed by atoms with Crippen LogP contribution in [0.15, 0.2) is 45.1 Å². The number of nitrogen functional groups attached to an aromatic ring is 1. The fourth-order valence-electron chi connectivity index (χ4n) is 2.16. The van der Waals surface area contributed by atoms with Crippen LogP contribution < -0.4 is 17.0 Å². The number of nitrogens with zero attached hydrogens (tertiary/aromatic N) is 3. The van der Waals surface area contributed by atoms with Crippen molar-refractivity contribution in [3.05, 3.63) is 61.6 Å². The summed E-state index contributed by atoms with van der Waals surface area (Å²) in [6, 6.07) is 7.97. The van der Waals surface area contributed by atoms with E-state index in [9.17, 15) is 19.3 Å². The minimum atomic E-state index is -0.881. The Balaban J connectivity index is 2.73. The van der Waals surface area contributed by atoms with Gasteiger partial charge in [-0.25, -0.2) is 9.36 Å². The molecule has 2 rings (SSSR count). The summed E-state index contributed by atoms with van der Waals surface area (Å²) in [4.78, 5) is 48.0. The lowest BCUT2D eigenvalue weighted by Crippen LogP contribution is -2.43. The largest absolute Gasteiger partial charge is 0.383 e. The molecule has 1 aromatic heterocycles. The molecule has 0 bridgehead atoms. The van der Waals surface area contributed by atoms with E-state index < -0.39 is 28.7 Å². The maximum absolute atomic E-state index is 12.5. The number of carbonyl (C=O) groups is 1.